The van der Waals surface area contributed by atoms with E-state index in [1.807, 2.05) is 17.0 Å². The van der Waals surface area contributed by atoms with Crippen molar-refractivity contribution >= 4 is 27.7 Å². The van der Waals surface area contributed by atoms with Crippen LogP contribution in [-0.2, 0) is 9.59 Å². The molecule has 1 aliphatic heterocycles. The van der Waals surface area contributed by atoms with E-state index in [1.165, 1.54) is 5.56 Å². The first-order chi connectivity index (χ1) is 11.1. The summed E-state index contributed by atoms with van der Waals surface area (Å²) in [6.45, 7) is 1.45. The number of likely N-dealkylation sites (tertiary alicyclic amines) is 1. The van der Waals surface area contributed by atoms with Crippen molar-refractivity contribution in [3.63, 3.8) is 0 Å². The highest BCUT2D eigenvalue weighted by atomic mass is 79.9. The fourth-order valence-electron chi connectivity index (χ4n) is 3.18. The SMILES string of the molecule is O=C(NCCCC(=O)N1CCC[C@H]1c1ccc(Br)cc1)C1CC1. The van der Waals surface area contributed by atoms with Gasteiger partial charge in [-0.15, -0.1) is 0 Å². The third kappa shape index (κ3) is 4.34. The molecule has 1 aliphatic carbocycles. The molecule has 0 bridgehead atoms. The summed E-state index contributed by atoms with van der Waals surface area (Å²) >= 11 is 3.45. The molecule has 2 fully saturated rings. The van der Waals surface area contributed by atoms with E-state index in [2.05, 4.69) is 33.4 Å². The summed E-state index contributed by atoms with van der Waals surface area (Å²) < 4.78 is 1.06. The Kier molecular flexibility index (Phi) is 5.36. The van der Waals surface area contributed by atoms with Gasteiger partial charge in [0.25, 0.3) is 0 Å². The lowest BCUT2D eigenvalue weighted by atomic mass is 10.0. The molecule has 1 aromatic carbocycles. The second kappa shape index (κ2) is 7.47. The van der Waals surface area contributed by atoms with Crippen molar-refractivity contribution in [2.45, 2.75) is 44.6 Å². The van der Waals surface area contributed by atoms with Crippen LogP contribution in [0.2, 0.25) is 0 Å². The van der Waals surface area contributed by atoms with Gasteiger partial charge in [0.2, 0.25) is 11.8 Å². The zero-order valence-corrected chi connectivity index (χ0v) is 14.8. The number of benzene rings is 1. The lowest BCUT2D eigenvalue weighted by Crippen LogP contribution is -2.32. The van der Waals surface area contributed by atoms with Crippen molar-refractivity contribution in [1.29, 1.82) is 0 Å². The second-order valence-electron chi connectivity index (χ2n) is 6.47. The number of amides is 2. The van der Waals surface area contributed by atoms with Crippen LogP contribution in [0.5, 0.6) is 0 Å². The normalized spacial score (nSPS) is 20.6. The first-order valence-electron chi connectivity index (χ1n) is 8.48. The van der Waals surface area contributed by atoms with Crippen molar-refractivity contribution in [3.8, 4) is 0 Å². The summed E-state index contributed by atoms with van der Waals surface area (Å²) in [6.07, 6.45) is 5.37. The van der Waals surface area contributed by atoms with Crippen LogP contribution in [0.3, 0.4) is 0 Å². The fraction of sp³-hybridized carbons (Fsp3) is 0.556. The van der Waals surface area contributed by atoms with Gasteiger partial charge in [-0.05, 0) is 49.8 Å². The minimum atomic E-state index is 0.159. The average molecular weight is 379 g/mol. The standard InChI is InChI=1S/C18H23BrN2O2/c19-15-9-7-13(8-10-15)16-3-2-12-21(16)17(22)4-1-11-20-18(23)14-5-6-14/h7-10,14,16H,1-6,11-12H2,(H,20,23)/t16-/m0/s1. The molecule has 1 atom stereocenters. The first-order valence-corrected chi connectivity index (χ1v) is 9.27. The number of hydrogen-bond donors (Lipinski definition) is 1. The Hall–Kier alpha value is -1.36. The second-order valence-corrected chi connectivity index (χ2v) is 7.38. The number of nitrogens with zero attached hydrogens (tertiary/aromatic N) is 1. The number of halogens is 1. The van der Waals surface area contributed by atoms with Gasteiger partial charge in [-0.1, -0.05) is 28.1 Å². The number of hydrogen-bond acceptors (Lipinski definition) is 2. The van der Waals surface area contributed by atoms with E-state index in [9.17, 15) is 9.59 Å². The van der Waals surface area contributed by atoms with Crippen molar-refractivity contribution in [1.82, 2.24) is 10.2 Å². The van der Waals surface area contributed by atoms with Gasteiger partial charge in [0, 0.05) is 29.9 Å². The van der Waals surface area contributed by atoms with Crippen LogP contribution in [0.1, 0.15) is 50.1 Å². The van der Waals surface area contributed by atoms with E-state index in [-0.39, 0.29) is 23.8 Å². The van der Waals surface area contributed by atoms with Gasteiger partial charge in [-0.25, -0.2) is 0 Å². The monoisotopic (exact) mass is 378 g/mol. The molecular weight excluding hydrogens is 356 g/mol. The summed E-state index contributed by atoms with van der Waals surface area (Å²) in [6, 6.07) is 8.46. The van der Waals surface area contributed by atoms with Gasteiger partial charge in [0.15, 0.2) is 0 Å². The number of rotatable bonds is 6. The fourth-order valence-corrected chi connectivity index (χ4v) is 3.45. The van der Waals surface area contributed by atoms with Crippen molar-refractivity contribution in [3.05, 3.63) is 34.3 Å². The highest BCUT2D eigenvalue weighted by Gasteiger charge is 2.30. The quantitative estimate of drug-likeness (QED) is 0.770. The lowest BCUT2D eigenvalue weighted by molar-refractivity contribution is -0.132. The number of carbonyl (C=O) groups excluding carboxylic acids is 2. The van der Waals surface area contributed by atoms with E-state index in [4.69, 9.17) is 0 Å². The molecule has 0 spiro atoms. The van der Waals surface area contributed by atoms with Crippen LogP contribution in [0.15, 0.2) is 28.7 Å². The van der Waals surface area contributed by atoms with Gasteiger partial charge in [-0.3, -0.25) is 9.59 Å². The summed E-state index contributed by atoms with van der Waals surface area (Å²) in [5.74, 6) is 0.605. The van der Waals surface area contributed by atoms with Crippen molar-refractivity contribution in [2.24, 2.45) is 5.92 Å². The van der Waals surface area contributed by atoms with Gasteiger partial charge >= 0.3 is 0 Å². The predicted octanol–water partition coefficient (Wildman–Crippen LogP) is 3.42. The van der Waals surface area contributed by atoms with Crippen LogP contribution >= 0.6 is 15.9 Å². The largest absolute Gasteiger partial charge is 0.356 e. The highest BCUT2D eigenvalue weighted by molar-refractivity contribution is 9.10. The van der Waals surface area contributed by atoms with Crippen LogP contribution in [0, 0.1) is 5.92 Å². The highest BCUT2D eigenvalue weighted by Crippen LogP contribution is 2.33. The first kappa shape index (κ1) is 16.5. The molecular formula is C18H23BrN2O2. The third-order valence-corrected chi connectivity index (χ3v) is 5.17. The molecule has 3 rings (SSSR count). The smallest absolute Gasteiger partial charge is 0.223 e. The molecule has 2 aliphatic rings. The molecule has 1 saturated carbocycles. The molecule has 5 heteroatoms. The van der Waals surface area contributed by atoms with E-state index in [0.717, 1.165) is 43.1 Å². The molecule has 4 nitrogen and oxygen atoms in total. The van der Waals surface area contributed by atoms with Crippen molar-refractivity contribution < 1.29 is 9.59 Å². The Morgan fingerprint density at radius 3 is 2.61 bits per heavy atom. The molecule has 1 heterocycles. The van der Waals surface area contributed by atoms with Gasteiger partial charge in [-0.2, -0.15) is 0 Å². The topological polar surface area (TPSA) is 49.4 Å². The molecule has 1 saturated heterocycles. The van der Waals surface area contributed by atoms with E-state index < -0.39 is 0 Å². The summed E-state index contributed by atoms with van der Waals surface area (Å²) in [5.41, 5.74) is 1.21. The maximum Gasteiger partial charge on any atom is 0.223 e. The summed E-state index contributed by atoms with van der Waals surface area (Å²) in [4.78, 5) is 26.1. The van der Waals surface area contributed by atoms with Crippen molar-refractivity contribution in [2.75, 3.05) is 13.1 Å². The van der Waals surface area contributed by atoms with Crippen LogP contribution < -0.4 is 5.32 Å². The molecule has 0 unspecified atom stereocenters. The molecule has 1 aromatic rings. The molecule has 1 N–H and O–H groups in total. The maximum atomic E-state index is 12.5. The number of carbonyl (C=O) groups is 2. The molecule has 0 aromatic heterocycles. The van der Waals surface area contributed by atoms with E-state index in [1.54, 1.807) is 0 Å². The van der Waals surface area contributed by atoms with E-state index >= 15 is 0 Å². The lowest BCUT2D eigenvalue weighted by Gasteiger charge is -2.25. The maximum absolute atomic E-state index is 12.5. The Bertz CT molecular complexity index is 569. The van der Waals surface area contributed by atoms with Crippen LogP contribution in [0.25, 0.3) is 0 Å². The Morgan fingerprint density at radius 2 is 1.91 bits per heavy atom. The Morgan fingerprint density at radius 1 is 1.17 bits per heavy atom. The predicted molar refractivity (Wildman–Crippen MR) is 92.8 cm³/mol. The molecule has 124 valence electrons. The minimum Gasteiger partial charge on any atom is -0.356 e. The third-order valence-electron chi connectivity index (χ3n) is 4.64. The molecule has 23 heavy (non-hydrogen) atoms. The van der Waals surface area contributed by atoms with Gasteiger partial charge in [0.1, 0.15) is 0 Å². The zero-order valence-electron chi connectivity index (χ0n) is 13.3. The number of nitrogens with one attached hydrogen (secondary N) is 1. The molecule has 0 radical (unpaired) electrons. The summed E-state index contributed by atoms with van der Waals surface area (Å²) in [7, 11) is 0. The van der Waals surface area contributed by atoms with Gasteiger partial charge < -0.3 is 10.2 Å². The van der Waals surface area contributed by atoms with Crippen LogP contribution in [0.4, 0.5) is 0 Å². The van der Waals surface area contributed by atoms with Gasteiger partial charge in [0.05, 0.1) is 6.04 Å². The summed E-state index contributed by atoms with van der Waals surface area (Å²) in [5, 5.41) is 2.92. The Labute approximate surface area is 145 Å². The minimum absolute atomic E-state index is 0.159. The zero-order chi connectivity index (χ0) is 16.2. The Balaban J connectivity index is 1.47. The molecule has 2 amide bonds. The average Bonchev–Trinajstić information content (AvgIpc) is 3.29. The van der Waals surface area contributed by atoms with E-state index in [0.29, 0.717) is 13.0 Å². The van der Waals surface area contributed by atoms with Crippen LogP contribution in [-0.4, -0.2) is 29.8 Å².